The van der Waals surface area contributed by atoms with Gasteiger partial charge in [0.1, 0.15) is 0 Å². The van der Waals surface area contributed by atoms with Crippen molar-refractivity contribution < 1.29 is 14.7 Å². The summed E-state index contributed by atoms with van der Waals surface area (Å²) in [7, 11) is 1.71. The first-order valence-corrected chi connectivity index (χ1v) is 7.87. The summed E-state index contributed by atoms with van der Waals surface area (Å²) in [5.41, 5.74) is 0.347. The number of anilines is 1. The van der Waals surface area contributed by atoms with Crippen LogP contribution in [0.15, 0.2) is 24.3 Å². The van der Waals surface area contributed by atoms with Crippen LogP contribution >= 0.6 is 0 Å². The lowest BCUT2D eigenvalue weighted by atomic mass is 9.80. The molecule has 3 rings (SSSR count). The van der Waals surface area contributed by atoms with Crippen molar-refractivity contribution in [3.8, 4) is 0 Å². The Morgan fingerprint density at radius 1 is 1.32 bits per heavy atom. The van der Waals surface area contributed by atoms with E-state index >= 15 is 0 Å². The summed E-state index contributed by atoms with van der Waals surface area (Å²) >= 11 is 0. The molecule has 2 fully saturated rings. The number of benzene rings is 1. The molecule has 0 aromatic heterocycles. The molecule has 5 heteroatoms. The quantitative estimate of drug-likeness (QED) is 0.870. The molecule has 118 valence electrons. The van der Waals surface area contributed by atoms with E-state index in [0.29, 0.717) is 11.3 Å². The van der Waals surface area contributed by atoms with Gasteiger partial charge in [-0.1, -0.05) is 12.1 Å². The molecule has 5 nitrogen and oxygen atoms in total. The van der Waals surface area contributed by atoms with Crippen LogP contribution < -0.4 is 10.2 Å². The lowest BCUT2D eigenvalue weighted by Gasteiger charge is -2.36. The third-order valence-corrected chi connectivity index (χ3v) is 4.63. The molecule has 0 saturated heterocycles. The molecule has 2 aliphatic rings. The Kier molecular flexibility index (Phi) is 3.91. The van der Waals surface area contributed by atoms with E-state index in [-0.39, 0.29) is 24.3 Å². The highest BCUT2D eigenvalue weighted by molar-refractivity contribution is 6.05. The van der Waals surface area contributed by atoms with Gasteiger partial charge < -0.3 is 15.3 Å². The Hall–Kier alpha value is -1.88. The van der Waals surface area contributed by atoms with Crippen molar-refractivity contribution in [3.63, 3.8) is 0 Å². The van der Waals surface area contributed by atoms with Gasteiger partial charge in [-0.15, -0.1) is 0 Å². The predicted molar refractivity (Wildman–Crippen MR) is 83.7 cm³/mol. The van der Waals surface area contributed by atoms with E-state index in [2.05, 4.69) is 5.32 Å². The average Bonchev–Trinajstić information content (AvgIpc) is 3.34. The molecule has 2 amide bonds. The number of nitrogens with one attached hydrogen (secondary N) is 1. The average molecular weight is 302 g/mol. The molecule has 1 aromatic rings. The fraction of sp³-hybridized carbons (Fsp3) is 0.529. The van der Waals surface area contributed by atoms with E-state index < -0.39 is 5.60 Å². The molecule has 0 heterocycles. The normalized spacial score (nSPS) is 19.2. The minimum atomic E-state index is -0.750. The first-order chi connectivity index (χ1) is 10.5. The number of hydrogen-bond donors (Lipinski definition) is 2. The van der Waals surface area contributed by atoms with Gasteiger partial charge in [0, 0.05) is 19.5 Å². The molecule has 0 bridgehead atoms. The van der Waals surface area contributed by atoms with Crippen LogP contribution in [0.1, 0.15) is 42.5 Å². The zero-order chi connectivity index (χ0) is 15.7. The van der Waals surface area contributed by atoms with Crippen molar-refractivity contribution in [2.24, 2.45) is 5.92 Å². The molecule has 0 atom stereocenters. The minimum Gasteiger partial charge on any atom is -0.388 e. The summed E-state index contributed by atoms with van der Waals surface area (Å²) < 4.78 is 0. The molecule has 2 saturated carbocycles. The second-order valence-corrected chi connectivity index (χ2v) is 6.45. The summed E-state index contributed by atoms with van der Waals surface area (Å²) in [5, 5.41) is 12.9. The van der Waals surface area contributed by atoms with Gasteiger partial charge in [-0.05, 0) is 44.2 Å². The highest BCUT2D eigenvalue weighted by Crippen LogP contribution is 2.33. The van der Waals surface area contributed by atoms with Crippen LogP contribution in [0.25, 0.3) is 0 Å². The van der Waals surface area contributed by atoms with Crippen molar-refractivity contribution in [3.05, 3.63) is 29.8 Å². The maximum Gasteiger partial charge on any atom is 0.253 e. The molecule has 0 aliphatic heterocycles. The topological polar surface area (TPSA) is 69.6 Å². The second-order valence-electron chi connectivity index (χ2n) is 6.45. The monoisotopic (exact) mass is 302 g/mol. The van der Waals surface area contributed by atoms with Crippen LogP contribution in [0, 0.1) is 5.92 Å². The number of carbonyl (C=O) groups excluding carboxylic acids is 2. The molecular weight excluding hydrogens is 280 g/mol. The van der Waals surface area contributed by atoms with Crippen LogP contribution in [0.4, 0.5) is 5.69 Å². The van der Waals surface area contributed by atoms with Gasteiger partial charge in [0.2, 0.25) is 5.91 Å². The lowest BCUT2D eigenvalue weighted by molar-refractivity contribution is -0.119. The van der Waals surface area contributed by atoms with Crippen molar-refractivity contribution in [1.82, 2.24) is 5.32 Å². The molecule has 0 spiro atoms. The predicted octanol–water partition coefficient (Wildman–Crippen LogP) is 1.70. The Morgan fingerprint density at radius 2 is 2.00 bits per heavy atom. The number of hydrogen-bond acceptors (Lipinski definition) is 3. The molecular formula is C17H22N2O3. The third kappa shape index (κ3) is 2.99. The van der Waals surface area contributed by atoms with Gasteiger partial charge in [0.05, 0.1) is 16.9 Å². The number of rotatable bonds is 5. The third-order valence-electron chi connectivity index (χ3n) is 4.63. The summed E-state index contributed by atoms with van der Waals surface area (Å²) in [6, 6.07) is 7.10. The fourth-order valence-corrected chi connectivity index (χ4v) is 2.78. The van der Waals surface area contributed by atoms with E-state index in [1.807, 2.05) is 6.07 Å². The standard InChI is InChI=1S/C17H22N2O3/c1-19(16(21)12-7-8-12)14-6-3-2-5-13(14)15(20)18-11-17(22)9-4-10-17/h2-3,5-6,12,22H,4,7-11H2,1H3,(H,18,20). The van der Waals surface area contributed by atoms with Crippen LogP contribution in [-0.2, 0) is 4.79 Å². The Bertz CT molecular complexity index is 591. The highest BCUT2D eigenvalue weighted by Gasteiger charge is 2.35. The maximum atomic E-state index is 12.4. The maximum absolute atomic E-state index is 12.4. The van der Waals surface area contributed by atoms with Gasteiger partial charge >= 0.3 is 0 Å². The summed E-state index contributed by atoms with van der Waals surface area (Å²) in [6.07, 6.45) is 4.33. The van der Waals surface area contributed by atoms with Crippen LogP contribution in [0.5, 0.6) is 0 Å². The lowest BCUT2D eigenvalue weighted by Crippen LogP contribution is -2.48. The zero-order valence-electron chi connectivity index (χ0n) is 12.8. The van der Waals surface area contributed by atoms with Crippen molar-refractivity contribution in [2.45, 2.75) is 37.7 Å². The molecule has 1 aromatic carbocycles. The fourth-order valence-electron chi connectivity index (χ4n) is 2.78. The molecule has 22 heavy (non-hydrogen) atoms. The summed E-state index contributed by atoms with van der Waals surface area (Å²) in [4.78, 5) is 26.2. The number of nitrogens with zero attached hydrogens (tertiary/aromatic N) is 1. The smallest absolute Gasteiger partial charge is 0.253 e. The number of para-hydroxylation sites is 1. The number of amides is 2. The molecule has 0 radical (unpaired) electrons. The van der Waals surface area contributed by atoms with Gasteiger partial charge in [0.25, 0.3) is 5.91 Å². The van der Waals surface area contributed by atoms with Crippen molar-refractivity contribution in [1.29, 1.82) is 0 Å². The van der Waals surface area contributed by atoms with Crippen LogP contribution in [-0.4, -0.2) is 36.1 Å². The second kappa shape index (κ2) is 5.72. The first-order valence-electron chi connectivity index (χ1n) is 7.87. The van der Waals surface area contributed by atoms with Crippen LogP contribution in [0.2, 0.25) is 0 Å². The first kappa shape index (κ1) is 15.0. The number of carbonyl (C=O) groups is 2. The van der Waals surface area contributed by atoms with E-state index in [1.54, 1.807) is 30.1 Å². The Balaban J connectivity index is 1.72. The molecule has 2 N–H and O–H groups in total. The van der Waals surface area contributed by atoms with Gasteiger partial charge in [0.15, 0.2) is 0 Å². The summed E-state index contributed by atoms with van der Waals surface area (Å²) in [5.74, 6) is -0.0685. The largest absolute Gasteiger partial charge is 0.388 e. The Labute approximate surface area is 130 Å². The Morgan fingerprint density at radius 3 is 2.59 bits per heavy atom. The van der Waals surface area contributed by atoms with E-state index in [0.717, 1.165) is 32.1 Å². The summed E-state index contributed by atoms with van der Waals surface area (Å²) in [6.45, 7) is 0.264. The van der Waals surface area contributed by atoms with Crippen molar-refractivity contribution in [2.75, 3.05) is 18.5 Å². The van der Waals surface area contributed by atoms with Gasteiger partial charge in [-0.25, -0.2) is 0 Å². The molecule has 0 unspecified atom stereocenters. The van der Waals surface area contributed by atoms with Gasteiger partial charge in [-0.3, -0.25) is 9.59 Å². The molecule has 2 aliphatic carbocycles. The van der Waals surface area contributed by atoms with E-state index in [1.165, 1.54) is 0 Å². The minimum absolute atomic E-state index is 0.0675. The van der Waals surface area contributed by atoms with Gasteiger partial charge in [-0.2, -0.15) is 0 Å². The van der Waals surface area contributed by atoms with Crippen LogP contribution in [0.3, 0.4) is 0 Å². The SMILES string of the molecule is CN(C(=O)C1CC1)c1ccccc1C(=O)NCC1(O)CCC1. The van der Waals surface area contributed by atoms with Crippen molar-refractivity contribution >= 4 is 17.5 Å². The van der Waals surface area contributed by atoms with E-state index in [4.69, 9.17) is 0 Å². The van der Waals surface area contributed by atoms with E-state index in [9.17, 15) is 14.7 Å². The zero-order valence-corrected chi connectivity index (χ0v) is 12.8. The number of aliphatic hydroxyl groups is 1. The highest BCUT2D eigenvalue weighted by atomic mass is 16.3.